The maximum absolute atomic E-state index is 2.36. The van der Waals surface area contributed by atoms with E-state index in [1.807, 2.05) is 0 Å². The smallest absolute Gasteiger partial charge is 0.176 e. The molecule has 0 aliphatic carbocycles. The molecule has 0 amide bonds. The first kappa shape index (κ1) is 40.9. The summed E-state index contributed by atoms with van der Waals surface area (Å²) in [5.74, 6) is 0. The maximum Gasteiger partial charge on any atom is 0.176 e. The summed E-state index contributed by atoms with van der Waals surface area (Å²) in [6.45, 7) is 2.30. The standard InChI is InChI=1S/C42H62N2.2HI/c1(3-5-7-9-11-13-15-17-19-25-33-43-35-31-39-27-21-23-29-41(39)37-43)2-4-6-8-10-12-14-16-18-20-26-34-44-36-32-40-28-22-24-30-42(40)38-44;;/h21-24,27-32,35-38H,1-20,25-26,33-34H2;2*1H/q+2;;/p-2. The van der Waals surface area contributed by atoms with Gasteiger partial charge in [0.25, 0.3) is 0 Å². The van der Waals surface area contributed by atoms with Crippen LogP contribution in [-0.2, 0) is 13.1 Å². The molecule has 0 fully saturated rings. The van der Waals surface area contributed by atoms with Gasteiger partial charge in [-0.2, -0.15) is 0 Å². The zero-order valence-corrected chi connectivity index (χ0v) is 33.0. The predicted octanol–water partition coefficient (Wildman–Crippen LogP) is 5.86. The minimum absolute atomic E-state index is 0. The van der Waals surface area contributed by atoms with Gasteiger partial charge < -0.3 is 48.0 Å². The van der Waals surface area contributed by atoms with E-state index >= 15 is 0 Å². The van der Waals surface area contributed by atoms with Crippen LogP contribution in [0.4, 0.5) is 0 Å². The Morgan fingerprint density at radius 3 is 0.804 bits per heavy atom. The van der Waals surface area contributed by atoms with Crippen molar-refractivity contribution in [1.29, 1.82) is 0 Å². The van der Waals surface area contributed by atoms with E-state index in [9.17, 15) is 0 Å². The molecule has 0 bridgehead atoms. The van der Waals surface area contributed by atoms with Gasteiger partial charge in [-0.05, 0) is 35.7 Å². The Kier molecular flexibility index (Phi) is 23.7. The molecular formula is C42H62I2N2. The number of rotatable bonds is 25. The summed E-state index contributed by atoms with van der Waals surface area (Å²) in [5.41, 5.74) is 0. The molecule has 2 aromatic carbocycles. The van der Waals surface area contributed by atoms with Crippen molar-refractivity contribution in [3.8, 4) is 0 Å². The molecule has 254 valence electrons. The van der Waals surface area contributed by atoms with E-state index in [-0.39, 0.29) is 48.0 Å². The minimum Gasteiger partial charge on any atom is -1.00 e. The zero-order chi connectivity index (χ0) is 30.3. The molecule has 0 aliphatic heterocycles. The molecule has 2 aromatic heterocycles. The highest BCUT2D eigenvalue weighted by Crippen LogP contribution is 2.16. The van der Waals surface area contributed by atoms with Gasteiger partial charge in [0.1, 0.15) is 13.1 Å². The zero-order valence-electron chi connectivity index (χ0n) is 28.7. The van der Waals surface area contributed by atoms with E-state index in [1.165, 1.54) is 163 Å². The molecule has 0 saturated carbocycles. The molecule has 2 nitrogen and oxygen atoms in total. The lowest BCUT2D eigenvalue weighted by Crippen LogP contribution is -3.00. The molecule has 0 spiro atoms. The average molecular weight is 849 g/mol. The molecule has 0 atom stereocenters. The minimum atomic E-state index is 0. The van der Waals surface area contributed by atoms with Crippen LogP contribution in [0.1, 0.15) is 141 Å². The van der Waals surface area contributed by atoms with Gasteiger partial charge in [-0.15, -0.1) is 0 Å². The highest BCUT2D eigenvalue weighted by Gasteiger charge is 2.04. The van der Waals surface area contributed by atoms with Crippen molar-refractivity contribution in [2.75, 3.05) is 0 Å². The fraction of sp³-hybridized carbons (Fsp3) is 0.571. The number of hydrogen-bond acceptors (Lipinski definition) is 0. The third-order valence-electron chi connectivity index (χ3n) is 9.58. The predicted molar refractivity (Wildman–Crippen MR) is 190 cm³/mol. The van der Waals surface area contributed by atoms with Gasteiger partial charge in [-0.3, -0.25) is 0 Å². The second kappa shape index (κ2) is 26.6. The molecule has 4 aromatic rings. The van der Waals surface area contributed by atoms with E-state index in [0.29, 0.717) is 0 Å². The summed E-state index contributed by atoms with van der Waals surface area (Å²) in [6.07, 6.45) is 40.5. The van der Waals surface area contributed by atoms with Crippen LogP contribution >= 0.6 is 0 Å². The Bertz CT molecular complexity index is 1210. The van der Waals surface area contributed by atoms with E-state index in [4.69, 9.17) is 0 Å². The second-order valence-electron chi connectivity index (χ2n) is 13.4. The number of unbranched alkanes of at least 4 members (excludes halogenated alkanes) is 21. The van der Waals surface area contributed by atoms with Crippen LogP contribution in [-0.4, -0.2) is 0 Å². The first-order chi connectivity index (χ1) is 21.9. The molecule has 4 heteroatoms. The summed E-state index contributed by atoms with van der Waals surface area (Å²) in [7, 11) is 0. The molecule has 0 radical (unpaired) electrons. The third kappa shape index (κ3) is 17.2. The lowest BCUT2D eigenvalue weighted by molar-refractivity contribution is -0.696. The molecule has 2 heterocycles. The fourth-order valence-electron chi connectivity index (χ4n) is 6.76. The van der Waals surface area contributed by atoms with Crippen molar-refractivity contribution in [3.05, 3.63) is 85.5 Å². The SMILES string of the molecule is [I-].[I-].c1ccc2c[n+](CCCCCCCCCCCCCCCCCCCCCCCC[n+]3ccc4ccccc4c3)ccc2c1. The highest BCUT2D eigenvalue weighted by atomic mass is 127. The van der Waals surface area contributed by atoms with Crippen molar-refractivity contribution in [3.63, 3.8) is 0 Å². The molecule has 46 heavy (non-hydrogen) atoms. The number of nitrogens with zero attached hydrogens (tertiary/aromatic N) is 2. The first-order valence-corrected chi connectivity index (χ1v) is 18.6. The molecule has 0 N–H and O–H groups in total. The summed E-state index contributed by atoms with van der Waals surface area (Å²) in [4.78, 5) is 0. The van der Waals surface area contributed by atoms with Crippen LogP contribution in [0.5, 0.6) is 0 Å². The van der Waals surface area contributed by atoms with Gasteiger partial charge in [-0.25, -0.2) is 9.13 Å². The van der Waals surface area contributed by atoms with E-state index in [2.05, 4.69) is 94.6 Å². The Morgan fingerprint density at radius 2 is 0.522 bits per heavy atom. The Morgan fingerprint density at radius 1 is 0.283 bits per heavy atom. The normalized spacial score (nSPS) is 11.0. The summed E-state index contributed by atoms with van der Waals surface area (Å²) >= 11 is 0. The lowest BCUT2D eigenvalue weighted by Gasteiger charge is -2.04. The van der Waals surface area contributed by atoms with Gasteiger partial charge in [0.05, 0.1) is 0 Å². The number of hydrogen-bond donors (Lipinski definition) is 0. The molecule has 0 unspecified atom stereocenters. The molecular weight excluding hydrogens is 786 g/mol. The lowest BCUT2D eigenvalue weighted by atomic mass is 10.0. The van der Waals surface area contributed by atoms with Gasteiger partial charge in [0, 0.05) is 35.7 Å². The molecule has 4 rings (SSSR count). The fourth-order valence-corrected chi connectivity index (χ4v) is 6.76. The van der Waals surface area contributed by atoms with Gasteiger partial charge in [0.15, 0.2) is 24.8 Å². The van der Waals surface area contributed by atoms with Crippen molar-refractivity contribution < 1.29 is 57.1 Å². The summed E-state index contributed by atoms with van der Waals surface area (Å²) < 4.78 is 4.72. The quantitative estimate of drug-likeness (QED) is 0.0450. The monoisotopic (exact) mass is 848 g/mol. The van der Waals surface area contributed by atoms with Crippen LogP contribution < -0.4 is 57.1 Å². The number of aromatic nitrogens is 2. The summed E-state index contributed by atoms with van der Waals surface area (Å²) in [6, 6.07) is 21.8. The Labute approximate surface area is 316 Å². The topological polar surface area (TPSA) is 7.76 Å². The molecule has 0 aliphatic rings. The van der Waals surface area contributed by atoms with Gasteiger partial charge in [0.2, 0.25) is 0 Å². The maximum atomic E-state index is 2.36. The number of halogens is 2. The average Bonchev–Trinajstić information content (AvgIpc) is 3.06. The number of pyridine rings is 2. The van der Waals surface area contributed by atoms with Crippen LogP contribution in [0.3, 0.4) is 0 Å². The number of fused-ring (bicyclic) bond motifs is 2. The van der Waals surface area contributed by atoms with Crippen LogP contribution in [0.15, 0.2) is 85.5 Å². The van der Waals surface area contributed by atoms with E-state index in [0.717, 1.165) is 13.1 Å². The van der Waals surface area contributed by atoms with Crippen LogP contribution in [0.25, 0.3) is 21.5 Å². The highest BCUT2D eigenvalue weighted by molar-refractivity contribution is 5.80. The number of aryl methyl sites for hydroxylation is 2. The Balaban J connectivity index is 0.00000368. The van der Waals surface area contributed by atoms with Crippen LogP contribution in [0, 0.1) is 0 Å². The first-order valence-electron chi connectivity index (χ1n) is 18.6. The van der Waals surface area contributed by atoms with E-state index < -0.39 is 0 Å². The van der Waals surface area contributed by atoms with E-state index in [1.54, 1.807) is 0 Å². The number of benzene rings is 2. The molecule has 0 saturated heterocycles. The Hall–Kier alpha value is -1.28. The third-order valence-corrected chi connectivity index (χ3v) is 9.58. The van der Waals surface area contributed by atoms with Gasteiger partial charge >= 0.3 is 0 Å². The van der Waals surface area contributed by atoms with Crippen LogP contribution in [0.2, 0.25) is 0 Å². The summed E-state index contributed by atoms with van der Waals surface area (Å²) in [5, 5.41) is 5.37. The second-order valence-corrected chi connectivity index (χ2v) is 13.4. The van der Waals surface area contributed by atoms with Gasteiger partial charge in [-0.1, -0.05) is 152 Å². The van der Waals surface area contributed by atoms with Crippen molar-refractivity contribution in [1.82, 2.24) is 0 Å². The van der Waals surface area contributed by atoms with Crippen molar-refractivity contribution in [2.24, 2.45) is 0 Å². The largest absolute Gasteiger partial charge is 1.00 e. The van der Waals surface area contributed by atoms with Crippen molar-refractivity contribution in [2.45, 2.75) is 154 Å². The van der Waals surface area contributed by atoms with Crippen molar-refractivity contribution >= 4 is 21.5 Å².